The van der Waals surface area contributed by atoms with Gasteiger partial charge in [0, 0.05) is 42.1 Å². The molecule has 25 heavy (non-hydrogen) atoms. The molecule has 1 heterocycles. The second-order valence-electron chi connectivity index (χ2n) is 7.66. The molecule has 1 aliphatic carbocycles. The molecule has 5 heteroatoms. The van der Waals surface area contributed by atoms with Crippen LogP contribution in [0.25, 0.3) is 10.9 Å². The molecule has 2 unspecified atom stereocenters. The molecule has 136 valence electrons. The summed E-state index contributed by atoms with van der Waals surface area (Å²) in [6, 6.07) is 6.23. The predicted octanol–water partition coefficient (Wildman–Crippen LogP) is 2.67. The summed E-state index contributed by atoms with van der Waals surface area (Å²) in [7, 11) is 0. The summed E-state index contributed by atoms with van der Waals surface area (Å²) in [4.78, 5) is 16.0. The number of aryl methyl sites for hydroxylation is 1. The summed E-state index contributed by atoms with van der Waals surface area (Å²) in [6.07, 6.45) is 3.43. The highest BCUT2D eigenvalue weighted by atomic mass is 16.5. The van der Waals surface area contributed by atoms with E-state index in [-0.39, 0.29) is 17.4 Å². The van der Waals surface area contributed by atoms with Gasteiger partial charge in [-0.3, -0.25) is 4.79 Å². The van der Waals surface area contributed by atoms with Crippen molar-refractivity contribution in [2.24, 2.45) is 11.1 Å². The van der Waals surface area contributed by atoms with Crippen LogP contribution >= 0.6 is 0 Å². The lowest BCUT2D eigenvalue weighted by atomic mass is 9.54. The molecule has 0 radical (unpaired) electrons. The number of nitrogens with one attached hydrogen (secondary N) is 2. The summed E-state index contributed by atoms with van der Waals surface area (Å²) >= 11 is 0. The number of aromatic amines is 1. The number of nitrogens with two attached hydrogens (primary N) is 1. The van der Waals surface area contributed by atoms with E-state index in [1.807, 2.05) is 33.0 Å². The molecule has 0 saturated heterocycles. The van der Waals surface area contributed by atoms with Crippen LogP contribution < -0.4 is 11.1 Å². The SMILES string of the molecule is CCOC1CC(N)(C(=O)NCCc2c[nH]c3cccc(C)c23)C1(C)C. The number of carbonyl (C=O) groups is 1. The van der Waals surface area contributed by atoms with Gasteiger partial charge in [0.15, 0.2) is 0 Å². The average molecular weight is 343 g/mol. The Bertz CT molecular complexity index is 780. The Morgan fingerprint density at radius 2 is 2.20 bits per heavy atom. The van der Waals surface area contributed by atoms with E-state index < -0.39 is 5.54 Å². The molecule has 1 saturated carbocycles. The van der Waals surface area contributed by atoms with E-state index in [0.29, 0.717) is 19.6 Å². The molecule has 0 spiro atoms. The molecular formula is C20H29N3O2. The fourth-order valence-corrected chi connectivity index (χ4v) is 3.94. The van der Waals surface area contributed by atoms with Crippen molar-refractivity contribution in [2.75, 3.05) is 13.2 Å². The monoisotopic (exact) mass is 343 g/mol. The molecule has 0 aliphatic heterocycles. The maximum Gasteiger partial charge on any atom is 0.240 e. The second kappa shape index (κ2) is 6.46. The number of ether oxygens (including phenoxy) is 1. The molecular weight excluding hydrogens is 314 g/mol. The zero-order valence-corrected chi connectivity index (χ0v) is 15.6. The molecule has 1 fully saturated rings. The normalized spacial score (nSPS) is 24.9. The Balaban J connectivity index is 1.61. The van der Waals surface area contributed by atoms with Crippen LogP contribution in [-0.2, 0) is 16.0 Å². The number of amides is 1. The first kappa shape index (κ1) is 18.0. The van der Waals surface area contributed by atoms with E-state index >= 15 is 0 Å². The van der Waals surface area contributed by atoms with Crippen molar-refractivity contribution in [1.82, 2.24) is 10.3 Å². The van der Waals surface area contributed by atoms with Crippen LogP contribution in [-0.4, -0.2) is 35.7 Å². The maximum absolute atomic E-state index is 12.7. The van der Waals surface area contributed by atoms with E-state index in [9.17, 15) is 4.79 Å². The fraction of sp³-hybridized carbons (Fsp3) is 0.550. The molecule has 5 nitrogen and oxygen atoms in total. The highest BCUT2D eigenvalue weighted by Crippen LogP contribution is 2.49. The van der Waals surface area contributed by atoms with Gasteiger partial charge in [-0.2, -0.15) is 0 Å². The zero-order chi connectivity index (χ0) is 18.2. The van der Waals surface area contributed by atoms with Crippen LogP contribution in [0.4, 0.5) is 0 Å². The first-order valence-corrected chi connectivity index (χ1v) is 9.05. The Labute approximate surface area is 149 Å². The van der Waals surface area contributed by atoms with Crippen LogP contribution in [0, 0.1) is 12.3 Å². The molecule has 3 rings (SSSR count). The topological polar surface area (TPSA) is 80.1 Å². The van der Waals surface area contributed by atoms with E-state index in [4.69, 9.17) is 10.5 Å². The fourth-order valence-electron chi connectivity index (χ4n) is 3.94. The number of fused-ring (bicyclic) bond motifs is 1. The van der Waals surface area contributed by atoms with Gasteiger partial charge < -0.3 is 20.8 Å². The van der Waals surface area contributed by atoms with Crippen molar-refractivity contribution in [3.8, 4) is 0 Å². The minimum atomic E-state index is -0.858. The minimum absolute atomic E-state index is 0.0458. The van der Waals surface area contributed by atoms with E-state index in [0.717, 1.165) is 11.9 Å². The van der Waals surface area contributed by atoms with E-state index in [2.05, 4.69) is 29.4 Å². The zero-order valence-electron chi connectivity index (χ0n) is 15.6. The van der Waals surface area contributed by atoms with Gasteiger partial charge >= 0.3 is 0 Å². The van der Waals surface area contributed by atoms with Crippen LogP contribution in [0.15, 0.2) is 24.4 Å². The van der Waals surface area contributed by atoms with Crippen LogP contribution in [0.1, 0.15) is 38.3 Å². The molecule has 0 bridgehead atoms. The van der Waals surface area contributed by atoms with Crippen LogP contribution in [0.2, 0.25) is 0 Å². The predicted molar refractivity (Wildman–Crippen MR) is 100 cm³/mol. The Kier molecular flexibility index (Phi) is 4.64. The number of rotatable bonds is 6. The van der Waals surface area contributed by atoms with Gasteiger partial charge in [-0.15, -0.1) is 0 Å². The van der Waals surface area contributed by atoms with Crippen LogP contribution in [0.5, 0.6) is 0 Å². The minimum Gasteiger partial charge on any atom is -0.378 e. The van der Waals surface area contributed by atoms with Crippen molar-refractivity contribution in [2.45, 2.75) is 52.2 Å². The first-order valence-electron chi connectivity index (χ1n) is 9.05. The van der Waals surface area contributed by atoms with Gasteiger partial charge in [0.1, 0.15) is 5.54 Å². The molecule has 1 aromatic heterocycles. The number of aromatic nitrogens is 1. The van der Waals surface area contributed by atoms with Crippen molar-refractivity contribution in [3.05, 3.63) is 35.5 Å². The van der Waals surface area contributed by atoms with Gasteiger partial charge in [-0.25, -0.2) is 0 Å². The van der Waals surface area contributed by atoms with Crippen molar-refractivity contribution < 1.29 is 9.53 Å². The number of hydrogen-bond acceptors (Lipinski definition) is 3. The van der Waals surface area contributed by atoms with Crippen molar-refractivity contribution in [3.63, 3.8) is 0 Å². The molecule has 4 N–H and O–H groups in total. The van der Waals surface area contributed by atoms with Crippen molar-refractivity contribution >= 4 is 16.8 Å². The lowest BCUT2D eigenvalue weighted by Crippen LogP contribution is -2.75. The van der Waals surface area contributed by atoms with E-state index in [1.165, 1.54) is 16.5 Å². The molecule has 2 atom stereocenters. The Hall–Kier alpha value is -1.85. The molecule has 1 aliphatic rings. The summed E-state index contributed by atoms with van der Waals surface area (Å²) < 4.78 is 5.70. The number of H-pyrrole nitrogens is 1. The highest BCUT2D eigenvalue weighted by molar-refractivity contribution is 5.89. The third kappa shape index (κ3) is 2.85. The Morgan fingerprint density at radius 1 is 1.44 bits per heavy atom. The lowest BCUT2D eigenvalue weighted by molar-refractivity contribution is -0.170. The number of benzene rings is 1. The van der Waals surface area contributed by atoms with Gasteiger partial charge in [-0.05, 0) is 37.5 Å². The highest BCUT2D eigenvalue weighted by Gasteiger charge is 2.62. The Morgan fingerprint density at radius 3 is 2.88 bits per heavy atom. The van der Waals surface area contributed by atoms with Gasteiger partial charge in [-0.1, -0.05) is 26.0 Å². The third-order valence-corrected chi connectivity index (χ3v) is 5.91. The summed E-state index contributed by atoms with van der Waals surface area (Å²) in [5.74, 6) is -0.0787. The summed E-state index contributed by atoms with van der Waals surface area (Å²) in [5, 5.41) is 4.28. The number of hydrogen-bond donors (Lipinski definition) is 3. The third-order valence-electron chi connectivity index (χ3n) is 5.91. The summed E-state index contributed by atoms with van der Waals surface area (Å²) in [6.45, 7) is 9.33. The smallest absolute Gasteiger partial charge is 0.240 e. The van der Waals surface area contributed by atoms with E-state index in [1.54, 1.807) is 0 Å². The first-order chi connectivity index (χ1) is 11.8. The standard InChI is InChI=1S/C20H29N3O2/c1-5-25-16-11-20(21,19(16,3)4)18(24)22-10-9-14-12-23-15-8-6-7-13(2)17(14)15/h6-8,12,16,23H,5,9-11,21H2,1-4H3,(H,22,24). The van der Waals surface area contributed by atoms with Crippen LogP contribution in [0.3, 0.4) is 0 Å². The second-order valence-corrected chi connectivity index (χ2v) is 7.66. The molecule has 1 aromatic carbocycles. The van der Waals surface area contributed by atoms with Gasteiger partial charge in [0.25, 0.3) is 0 Å². The average Bonchev–Trinajstić information content (AvgIpc) is 2.99. The largest absolute Gasteiger partial charge is 0.378 e. The quantitative estimate of drug-likeness (QED) is 0.754. The molecule has 2 aromatic rings. The maximum atomic E-state index is 12.7. The van der Waals surface area contributed by atoms with Gasteiger partial charge in [0.2, 0.25) is 5.91 Å². The summed E-state index contributed by atoms with van der Waals surface area (Å²) in [5.41, 5.74) is 8.81. The number of carbonyl (C=O) groups excluding carboxylic acids is 1. The van der Waals surface area contributed by atoms with Crippen molar-refractivity contribution in [1.29, 1.82) is 0 Å². The van der Waals surface area contributed by atoms with Gasteiger partial charge in [0.05, 0.1) is 6.10 Å². The molecule has 1 amide bonds. The lowest BCUT2D eigenvalue weighted by Gasteiger charge is -2.57.